The maximum Gasteiger partial charge on any atom is 0.409 e. The monoisotopic (exact) mass is 536 g/mol. The van der Waals surface area contributed by atoms with Gasteiger partial charge in [-0.2, -0.15) is 0 Å². The highest BCUT2D eigenvalue weighted by Gasteiger charge is 2.23. The average molecular weight is 537 g/mol. The summed E-state index contributed by atoms with van der Waals surface area (Å²) in [5.74, 6) is 0.259. The lowest BCUT2D eigenvalue weighted by molar-refractivity contribution is 0.0914. The molecule has 4 heterocycles. The maximum absolute atomic E-state index is 14.0. The van der Waals surface area contributed by atoms with Gasteiger partial charge in [-0.05, 0) is 47.9 Å². The minimum absolute atomic E-state index is 0.0858. The van der Waals surface area contributed by atoms with Crippen LogP contribution in [0.5, 0.6) is 5.75 Å². The quantitative estimate of drug-likeness (QED) is 0.500. The summed E-state index contributed by atoms with van der Waals surface area (Å²) in [5.41, 5.74) is 4.26. The second-order valence-corrected chi connectivity index (χ2v) is 9.60. The van der Waals surface area contributed by atoms with Gasteiger partial charge < -0.3 is 29.6 Å². The molecule has 1 saturated heterocycles. The number of carbonyl (C=O) groups excluding carboxylic acids is 2. The topological polar surface area (TPSA) is 103 Å². The number of hydrogen-bond donors (Lipinski definition) is 2. The molecular weight excluding hydrogens is 503 g/mol. The predicted molar refractivity (Wildman–Crippen MR) is 146 cm³/mol. The highest BCUT2D eigenvalue weighted by Crippen LogP contribution is 2.36. The van der Waals surface area contributed by atoms with Crippen molar-refractivity contribution < 1.29 is 23.5 Å². The lowest BCUT2D eigenvalue weighted by atomic mass is 10.0. The average Bonchev–Trinajstić information content (AvgIpc) is 3.42. The summed E-state index contributed by atoms with van der Waals surface area (Å²) in [5, 5.41) is 3.89. The molecule has 3 aromatic rings. The van der Waals surface area contributed by atoms with Crippen LogP contribution in [-0.4, -0.2) is 103 Å². The van der Waals surface area contributed by atoms with Crippen LogP contribution in [0.15, 0.2) is 42.6 Å². The standard InChI is InChI=1S/C28H33FN6O4/c1-38-25-4-3-20(29)17-22(25)21-5-8-30-26-23(21)18-24(32-26)19-6-10-34(11-7-19)27(36)31-9-12-33-13-15-35(16-14-33)28(37)39-2/h3-6,8,17-18H,7,9-16H2,1-2H3,(H,30,32)(H,31,36). The SMILES string of the molecule is COC(=O)N1CCN(CCNC(=O)N2CC=C(c3cc4c(-c5cc(F)ccc5OC)ccnc4[nH]3)CC2)CC1. The van der Waals surface area contributed by atoms with Gasteiger partial charge in [-0.3, -0.25) is 4.90 Å². The van der Waals surface area contributed by atoms with Crippen molar-refractivity contribution in [3.63, 3.8) is 0 Å². The molecule has 11 heteroatoms. The van der Waals surface area contributed by atoms with Crippen molar-refractivity contribution in [2.45, 2.75) is 6.42 Å². The Labute approximate surface area is 226 Å². The van der Waals surface area contributed by atoms with Crippen LogP contribution in [0.25, 0.3) is 27.7 Å². The summed E-state index contributed by atoms with van der Waals surface area (Å²) in [6.45, 7) is 5.15. The van der Waals surface area contributed by atoms with Crippen LogP contribution < -0.4 is 10.1 Å². The van der Waals surface area contributed by atoms with Gasteiger partial charge in [0, 0.05) is 75.2 Å². The van der Waals surface area contributed by atoms with Crippen LogP contribution in [0, 0.1) is 5.82 Å². The summed E-state index contributed by atoms with van der Waals surface area (Å²) >= 11 is 0. The van der Waals surface area contributed by atoms with Crippen LogP contribution in [0.2, 0.25) is 0 Å². The van der Waals surface area contributed by atoms with Crippen LogP contribution in [-0.2, 0) is 4.74 Å². The van der Waals surface area contributed by atoms with Gasteiger partial charge in [-0.1, -0.05) is 6.08 Å². The predicted octanol–water partition coefficient (Wildman–Crippen LogP) is 3.56. The molecule has 2 aliphatic rings. The van der Waals surface area contributed by atoms with Crippen molar-refractivity contribution in [3.8, 4) is 16.9 Å². The number of aromatic amines is 1. The molecule has 1 fully saturated rings. The summed E-state index contributed by atoms with van der Waals surface area (Å²) < 4.78 is 24.3. The number of amides is 3. The Morgan fingerprint density at radius 2 is 1.87 bits per heavy atom. The molecule has 0 saturated carbocycles. The zero-order valence-electron chi connectivity index (χ0n) is 22.2. The second kappa shape index (κ2) is 11.7. The molecule has 3 amide bonds. The van der Waals surface area contributed by atoms with Gasteiger partial charge in [0.2, 0.25) is 0 Å². The van der Waals surface area contributed by atoms with Gasteiger partial charge in [-0.15, -0.1) is 0 Å². The van der Waals surface area contributed by atoms with Gasteiger partial charge in [0.15, 0.2) is 0 Å². The number of halogens is 1. The van der Waals surface area contributed by atoms with E-state index in [9.17, 15) is 14.0 Å². The van der Waals surface area contributed by atoms with Gasteiger partial charge in [0.25, 0.3) is 0 Å². The fourth-order valence-electron chi connectivity index (χ4n) is 5.14. The van der Waals surface area contributed by atoms with Crippen molar-refractivity contribution in [1.82, 2.24) is 30.0 Å². The van der Waals surface area contributed by atoms with E-state index in [0.717, 1.165) is 41.9 Å². The van der Waals surface area contributed by atoms with Crippen LogP contribution >= 0.6 is 0 Å². The number of benzene rings is 1. The first-order valence-corrected chi connectivity index (χ1v) is 13.1. The molecule has 0 bridgehead atoms. The highest BCUT2D eigenvalue weighted by atomic mass is 19.1. The number of carbonyl (C=O) groups is 2. The van der Waals surface area contributed by atoms with E-state index in [4.69, 9.17) is 9.47 Å². The van der Waals surface area contributed by atoms with E-state index in [0.29, 0.717) is 56.1 Å². The Morgan fingerprint density at radius 3 is 2.59 bits per heavy atom. The first-order valence-electron chi connectivity index (χ1n) is 13.1. The fourth-order valence-corrected chi connectivity index (χ4v) is 5.14. The Bertz CT molecular complexity index is 1380. The highest BCUT2D eigenvalue weighted by molar-refractivity contribution is 5.96. The minimum Gasteiger partial charge on any atom is -0.496 e. The van der Waals surface area contributed by atoms with E-state index in [2.05, 4.69) is 26.3 Å². The van der Waals surface area contributed by atoms with Crippen LogP contribution in [0.4, 0.5) is 14.0 Å². The van der Waals surface area contributed by atoms with Crippen molar-refractivity contribution in [2.75, 3.05) is 66.6 Å². The van der Waals surface area contributed by atoms with Crippen LogP contribution in [0.1, 0.15) is 12.1 Å². The summed E-state index contributed by atoms with van der Waals surface area (Å²) in [4.78, 5) is 37.9. The molecule has 0 unspecified atom stereocenters. The van der Waals surface area contributed by atoms with Crippen molar-refractivity contribution in [3.05, 3.63) is 54.1 Å². The molecule has 2 aromatic heterocycles. The molecule has 39 heavy (non-hydrogen) atoms. The van der Waals surface area contributed by atoms with E-state index in [1.807, 2.05) is 12.1 Å². The molecule has 0 aliphatic carbocycles. The van der Waals surface area contributed by atoms with E-state index >= 15 is 0 Å². The van der Waals surface area contributed by atoms with Crippen molar-refractivity contribution >= 4 is 28.7 Å². The Morgan fingerprint density at radius 1 is 1.05 bits per heavy atom. The third-order valence-electron chi connectivity index (χ3n) is 7.34. The van der Waals surface area contributed by atoms with Gasteiger partial charge >= 0.3 is 12.1 Å². The number of nitrogens with one attached hydrogen (secondary N) is 2. The molecule has 0 radical (unpaired) electrons. The van der Waals surface area contributed by atoms with E-state index in [-0.39, 0.29) is 17.9 Å². The molecule has 206 valence electrons. The van der Waals surface area contributed by atoms with Gasteiger partial charge in [-0.25, -0.2) is 19.0 Å². The Hall–Kier alpha value is -4.12. The number of methoxy groups -OCH3 is 2. The number of piperazine rings is 1. The van der Waals surface area contributed by atoms with E-state index < -0.39 is 0 Å². The molecule has 2 N–H and O–H groups in total. The Kier molecular flexibility index (Phi) is 7.97. The molecular formula is C28H33FN6O4. The number of pyridine rings is 1. The smallest absolute Gasteiger partial charge is 0.409 e. The largest absolute Gasteiger partial charge is 0.496 e. The third kappa shape index (κ3) is 5.83. The number of fused-ring (bicyclic) bond motifs is 1. The first-order chi connectivity index (χ1) is 19.0. The molecule has 0 atom stereocenters. The lowest BCUT2D eigenvalue weighted by Crippen LogP contribution is -2.51. The number of aromatic nitrogens is 2. The second-order valence-electron chi connectivity index (χ2n) is 9.60. The normalized spacial score (nSPS) is 16.2. The fraction of sp³-hybridized carbons (Fsp3) is 0.393. The summed E-state index contributed by atoms with van der Waals surface area (Å²) in [6.07, 6.45) is 4.16. The molecule has 0 spiro atoms. The van der Waals surface area contributed by atoms with E-state index in [1.165, 1.54) is 19.2 Å². The number of H-pyrrole nitrogens is 1. The van der Waals surface area contributed by atoms with Crippen LogP contribution in [0.3, 0.4) is 0 Å². The lowest BCUT2D eigenvalue weighted by Gasteiger charge is -2.34. The van der Waals surface area contributed by atoms with Crippen molar-refractivity contribution in [2.24, 2.45) is 0 Å². The summed E-state index contributed by atoms with van der Waals surface area (Å²) in [6, 6.07) is 8.28. The molecule has 10 nitrogen and oxygen atoms in total. The summed E-state index contributed by atoms with van der Waals surface area (Å²) in [7, 11) is 2.96. The minimum atomic E-state index is -0.332. The maximum atomic E-state index is 14.0. The number of nitrogens with zero attached hydrogens (tertiary/aromatic N) is 4. The number of hydrogen-bond acceptors (Lipinski definition) is 6. The molecule has 2 aliphatic heterocycles. The number of ether oxygens (including phenoxy) is 2. The van der Waals surface area contributed by atoms with Gasteiger partial charge in [0.05, 0.1) is 14.2 Å². The molecule has 1 aromatic carbocycles. The van der Waals surface area contributed by atoms with E-state index in [1.54, 1.807) is 29.2 Å². The first kappa shape index (κ1) is 26.5. The van der Waals surface area contributed by atoms with Gasteiger partial charge in [0.1, 0.15) is 17.2 Å². The Balaban J connectivity index is 1.18. The third-order valence-corrected chi connectivity index (χ3v) is 7.34. The zero-order valence-corrected chi connectivity index (χ0v) is 22.2. The molecule has 5 rings (SSSR count). The number of rotatable bonds is 6. The number of urea groups is 1. The van der Waals surface area contributed by atoms with Crippen molar-refractivity contribution in [1.29, 1.82) is 0 Å². The zero-order chi connectivity index (χ0) is 27.4.